The number of halogens is 6. The average Bonchev–Trinajstić information content (AvgIpc) is 2.96. The molecule has 0 radical (unpaired) electrons. The van der Waals surface area contributed by atoms with Crippen molar-refractivity contribution in [1.29, 1.82) is 0 Å². The number of carbonyl (C=O) groups is 3. The van der Waals surface area contributed by atoms with Gasteiger partial charge in [-0.05, 0) is 11.6 Å². The number of hydrogen-bond donors (Lipinski definition) is 1. The lowest BCUT2D eigenvalue weighted by atomic mass is 10.0. The molecule has 1 amide bonds. The van der Waals surface area contributed by atoms with Gasteiger partial charge in [-0.2, -0.15) is 26.3 Å². The van der Waals surface area contributed by atoms with Crippen molar-refractivity contribution in [2.24, 2.45) is 0 Å². The van der Waals surface area contributed by atoms with Gasteiger partial charge in [0.1, 0.15) is 6.04 Å². The van der Waals surface area contributed by atoms with Crippen molar-refractivity contribution in [3.63, 3.8) is 0 Å². The topological polar surface area (TPSA) is 77.4 Å². The Morgan fingerprint density at radius 3 is 2.21 bits per heavy atom. The van der Waals surface area contributed by atoms with E-state index < -0.39 is 42.6 Å². The number of methoxy groups -OCH3 is 1. The molecular formula is C16H12F6N2O4. The minimum Gasteiger partial charge on any atom is -0.467 e. The third-order valence-corrected chi connectivity index (χ3v) is 3.73. The summed E-state index contributed by atoms with van der Waals surface area (Å²) in [4.78, 5) is 34.5. The van der Waals surface area contributed by atoms with E-state index in [-0.39, 0.29) is 21.0 Å². The molecule has 0 aliphatic heterocycles. The predicted molar refractivity (Wildman–Crippen MR) is 82.3 cm³/mol. The molecule has 0 saturated carbocycles. The lowest BCUT2D eigenvalue weighted by Crippen LogP contribution is -2.48. The van der Waals surface area contributed by atoms with Crippen LogP contribution in [0.1, 0.15) is 10.4 Å². The third-order valence-electron chi connectivity index (χ3n) is 3.73. The number of ether oxygens (including phenoxy) is 1. The molecule has 0 bridgehead atoms. The number of para-hydroxylation sites is 1. The first kappa shape index (κ1) is 21.3. The quantitative estimate of drug-likeness (QED) is 0.621. The van der Waals surface area contributed by atoms with Gasteiger partial charge in [0, 0.05) is 18.0 Å². The lowest BCUT2D eigenvalue weighted by Gasteiger charge is -2.17. The van der Waals surface area contributed by atoms with Gasteiger partial charge in [0.05, 0.1) is 12.6 Å². The molecule has 1 heterocycles. The highest BCUT2D eigenvalue weighted by Gasteiger charge is 2.42. The molecule has 6 nitrogen and oxygen atoms in total. The van der Waals surface area contributed by atoms with Crippen molar-refractivity contribution in [1.82, 2.24) is 9.88 Å². The van der Waals surface area contributed by atoms with Crippen LogP contribution in [-0.2, 0) is 20.7 Å². The number of fused-ring (bicyclic) bond motifs is 1. The molecule has 0 aliphatic carbocycles. The summed E-state index contributed by atoms with van der Waals surface area (Å²) < 4.78 is 80.4. The molecule has 0 unspecified atom stereocenters. The number of carbonyl (C=O) groups excluding carboxylic acids is 3. The Labute approximate surface area is 153 Å². The van der Waals surface area contributed by atoms with Crippen molar-refractivity contribution in [2.45, 2.75) is 24.8 Å². The Hall–Kier alpha value is -3.05. The van der Waals surface area contributed by atoms with E-state index in [1.807, 2.05) is 0 Å². The maximum atomic E-state index is 12.8. The van der Waals surface area contributed by atoms with E-state index >= 15 is 0 Å². The maximum Gasteiger partial charge on any atom is 0.472 e. The molecule has 0 spiro atoms. The van der Waals surface area contributed by atoms with Crippen molar-refractivity contribution in [3.05, 3.63) is 36.0 Å². The Bertz CT molecular complexity index is 916. The fraction of sp³-hybridized carbons (Fsp3) is 0.312. The molecule has 2 aromatic rings. The normalized spacial score (nSPS) is 13.2. The zero-order valence-electron chi connectivity index (χ0n) is 14.0. The van der Waals surface area contributed by atoms with Crippen LogP contribution in [0.5, 0.6) is 0 Å². The van der Waals surface area contributed by atoms with E-state index in [4.69, 9.17) is 0 Å². The summed E-state index contributed by atoms with van der Waals surface area (Å²) in [5.74, 6) is -5.88. The zero-order valence-corrected chi connectivity index (χ0v) is 14.0. The minimum atomic E-state index is -5.29. The van der Waals surface area contributed by atoms with Crippen LogP contribution in [0.2, 0.25) is 0 Å². The van der Waals surface area contributed by atoms with Crippen LogP contribution in [0.25, 0.3) is 10.9 Å². The van der Waals surface area contributed by atoms with E-state index in [1.54, 1.807) is 0 Å². The Morgan fingerprint density at radius 1 is 1.07 bits per heavy atom. The van der Waals surface area contributed by atoms with E-state index in [0.29, 0.717) is 0 Å². The number of benzene rings is 1. The van der Waals surface area contributed by atoms with Gasteiger partial charge >= 0.3 is 30.1 Å². The van der Waals surface area contributed by atoms with Crippen LogP contribution in [0.4, 0.5) is 26.3 Å². The highest BCUT2D eigenvalue weighted by Crippen LogP contribution is 2.27. The molecule has 28 heavy (non-hydrogen) atoms. The number of nitrogens with one attached hydrogen (secondary N) is 1. The first-order valence-corrected chi connectivity index (χ1v) is 7.52. The van der Waals surface area contributed by atoms with Gasteiger partial charge in [0.2, 0.25) is 0 Å². The summed E-state index contributed by atoms with van der Waals surface area (Å²) in [5.41, 5.74) is -0.225. The summed E-state index contributed by atoms with van der Waals surface area (Å²) in [6, 6.07) is 3.47. The first-order chi connectivity index (χ1) is 12.9. The number of esters is 1. The van der Waals surface area contributed by atoms with Gasteiger partial charge in [-0.15, -0.1) is 0 Å². The predicted octanol–water partition coefficient (Wildman–Crippen LogP) is 2.61. The van der Waals surface area contributed by atoms with Crippen LogP contribution >= 0.6 is 0 Å². The second kappa shape index (κ2) is 7.52. The molecule has 1 N–H and O–H groups in total. The van der Waals surface area contributed by atoms with Crippen molar-refractivity contribution in [3.8, 4) is 0 Å². The van der Waals surface area contributed by atoms with Gasteiger partial charge < -0.3 is 10.1 Å². The standard InChI is InChI=1S/C16H12F6N2O4/c1-28-12(25)10(23-13(26)15(17,18)19)6-8-7-24(14(27)16(20,21)22)11-5-3-2-4-9(8)11/h2-5,7,10H,6H2,1H3,(H,23,26)/t10-/m0/s1. The molecule has 0 saturated heterocycles. The summed E-state index contributed by atoms with van der Waals surface area (Å²) in [6.45, 7) is 0. The van der Waals surface area contributed by atoms with Crippen molar-refractivity contribution in [2.75, 3.05) is 7.11 Å². The molecule has 1 aromatic heterocycles. The number of amides is 1. The Morgan fingerprint density at radius 2 is 1.68 bits per heavy atom. The van der Waals surface area contributed by atoms with Crippen LogP contribution in [0.3, 0.4) is 0 Å². The second-order valence-corrected chi connectivity index (χ2v) is 5.60. The van der Waals surface area contributed by atoms with Crippen molar-refractivity contribution >= 4 is 28.7 Å². The maximum absolute atomic E-state index is 12.8. The third kappa shape index (κ3) is 4.43. The fourth-order valence-electron chi connectivity index (χ4n) is 2.51. The summed E-state index contributed by atoms with van der Waals surface area (Å²) in [5, 5.41) is 1.53. The Kier molecular flexibility index (Phi) is 5.71. The van der Waals surface area contributed by atoms with E-state index in [2.05, 4.69) is 4.74 Å². The SMILES string of the molecule is COC(=O)[C@H](Cc1cn(C(=O)C(F)(F)F)c2ccccc12)NC(=O)C(F)(F)F. The highest BCUT2D eigenvalue weighted by atomic mass is 19.4. The van der Waals surface area contributed by atoms with E-state index in [1.165, 1.54) is 29.6 Å². The largest absolute Gasteiger partial charge is 0.472 e. The lowest BCUT2D eigenvalue weighted by molar-refractivity contribution is -0.175. The van der Waals surface area contributed by atoms with Crippen LogP contribution in [0.15, 0.2) is 30.5 Å². The first-order valence-electron chi connectivity index (χ1n) is 7.52. The molecule has 1 atom stereocenters. The smallest absolute Gasteiger partial charge is 0.467 e. The van der Waals surface area contributed by atoms with Gasteiger partial charge in [0.15, 0.2) is 0 Å². The molecule has 0 fully saturated rings. The summed E-state index contributed by atoms with van der Waals surface area (Å²) in [7, 11) is 0.867. The van der Waals surface area contributed by atoms with Crippen LogP contribution < -0.4 is 5.32 Å². The number of rotatable bonds is 4. The van der Waals surface area contributed by atoms with Crippen LogP contribution in [-0.4, -0.2) is 47.9 Å². The monoisotopic (exact) mass is 410 g/mol. The van der Waals surface area contributed by atoms with Crippen molar-refractivity contribution < 1.29 is 45.5 Å². The van der Waals surface area contributed by atoms with Gasteiger partial charge in [-0.1, -0.05) is 18.2 Å². The van der Waals surface area contributed by atoms with Gasteiger partial charge in [-0.25, -0.2) is 4.79 Å². The molecule has 2 rings (SSSR count). The van der Waals surface area contributed by atoms with E-state index in [9.17, 15) is 40.7 Å². The Balaban J connectivity index is 2.46. The summed E-state index contributed by atoms with van der Waals surface area (Å²) >= 11 is 0. The zero-order chi connectivity index (χ0) is 21.3. The number of hydrogen-bond acceptors (Lipinski definition) is 4. The second-order valence-electron chi connectivity index (χ2n) is 5.60. The van der Waals surface area contributed by atoms with E-state index in [0.717, 1.165) is 13.3 Å². The number of alkyl halides is 6. The highest BCUT2D eigenvalue weighted by molar-refractivity contribution is 5.97. The average molecular weight is 410 g/mol. The molecule has 12 heteroatoms. The summed E-state index contributed by atoms with van der Waals surface area (Å²) in [6.07, 6.45) is -10.4. The molecule has 152 valence electrons. The molecular weight excluding hydrogens is 398 g/mol. The fourth-order valence-corrected chi connectivity index (χ4v) is 2.51. The van der Waals surface area contributed by atoms with Gasteiger partial charge in [-0.3, -0.25) is 14.2 Å². The molecule has 0 aliphatic rings. The minimum absolute atomic E-state index is 0.0638. The molecule has 1 aromatic carbocycles. The number of aromatic nitrogens is 1. The number of nitrogens with zero attached hydrogens (tertiary/aromatic N) is 1. The van der Waals surface area contributed by atoms with Gasteiger partial charge in [0.25, 0.3) is 0 Å². The van der Waals surface area contributed by atoms with Crippen LogP contribution in [0, 0.1) is 0 Å².